The van der Waals surface area contributed by atoms with Crippen LogP contribution in [0.4, 0.5) is 0 Å². The van der Waals surface area contributed by atoms with Gasteiger partial charge in [-0.25, -0.2) is 0 Å². The van der Waals surface area contributed by atoms with Crippen molar-refractivity contribution < 1.29 is 0 Å². The lowest BCUT2D eigenvalue weighted by atomic mass is 10.1. The molecule has 0 saturated carbocycles. The fraction of sp³-hybridized carbons (Fsp3) is 0.600. The molecule has 0 aromatic rings. The molecule has 0 amide bonds. The first kappa shape index (κ1) is 8.92. The predicted molar refractivity (Wildman–Crippen MR) is 53.5 cm³/mol. The van der Waals surface area contributed by atoms with E-state index < -0.39 is 0 Å². The summed E-state index contributed by atoms with van der Waals surface area (Å²) in [5.41, 5.74) is 0. The van der Waals surface area contributed by atoms with Gasteiger partial charge in [-0.2, -0.15) is 0 Å². The van der Waals surface area contributed by atoms with Crippen LogP contribution in [0.3, 0.4) is 0 Å². The first-order valence-corrected chi connectivity index (χ1v) is 5.16. The van der Waals surface area contributed by atoms with Crippen LogP contribution in [-0.2, 0) is 0 Å². The van der Waals surface area contributed by atoms with Gasteiger partial charge in [0, 0.05) is 5.92 Å². The Balaban J connectivity index is 2.52. The summed E-state index contributed by atoms with van der Waals surface area (Å²) < 4.78 is 0. The third kappa shape index (κ3) is 2.13. The fourth-order valence-corrected chi connectivity index (χ4v) is 2.58. The maximum atomic E-state index is 4.05. The molecular weight excluding hydrogens is 152 g/mol. The van der Waals surface area contributed by atoms with Crippen molar-refractivity contribution in [3.63, 3.8) is 0 Å². The standard InChI is InChI=1S/C10H16S/c1-4-6-10-7-9(5-2)8(3)11-10/h7,9H,3-6H2,1-2H3. The SMILES string of the molecule is C=C1SC(CCC)=CC1CC. The van der Waals surface area contributed by atoms with Crippen molar-refractivity contribution in [2.75, 3.05) is 0 Å². The molecule has 0 spiro atoms. The summed E-state index contributed by atoms with van der Waals surface area (Å²) >= 11 is 1.89. The summed E-state index contributed by atoms with van der Waals surface area (Å²) in [6.45, 7) is 8.50. The second kappa shape index (κ2) is 4.01. The first-order chi connectivity index (χ1) is 5.27. The highest BCUT2D eigenvalue weighted by atomic mass is 32.2. The molecule has 1 aliphatic heterocycles. The lowest BCUT2D eigenvalue weighted by molar-refractivity contribution is 0.766. The molecule has 0 aliphatic carbocycles. The Morgan fingerprint density at radius 3 is 2.73 bits per heavy atom. The van der Waals surface area contributed by atoms with E-state index in [9.17, 15) is 0 Å². The van der Waals surface area contributed by atoms with Crippen LogP contribution in [0.25, 0.3) is 0 Å². The van der Waals surface area contributed by atoms with Gasteiger partial charge in [0.15, 0.2) is 0 Å². The van der Waals surface area contributed by atoms with Gasteiger partial charge < -0.3 is 0 Å². The zero-order valence-corrected chi connectivity index (χ0v) is 8.21. The minimum Gasteiger partial charge on any atom is -0.0993 e. The molecule has 1 heteroatoms. The van der Waals surface area contributed by atoms with E-state index in [0.29, 0.717) is 5.92 Å². The van der Waals surface area contributed by atoms with Crippen molar-refractivity contribution in [1.29, 1.82) is 0 Å². The van der Waals surface area contributed by atoms with Crippen molar-refractivity contribution in [1.82, 2.24) is 0 Å². The van der Waals surface area contributed by atoms with Gasteiger partial charge in [0.25, 0.3) is 0 Å². The minimum atomic E-state index is 0.654. The molecule has 0 aromatic heterocycles. The zero-order chi connectivity index (χ0) is 8.27. The van der Waals surface area contributed by atoms with Crippen LogP contribution in [0.2, 0.25) is 0 Å². The average Bonchev–Trinajstić information content (AvgIpc) is 2.32. The van der Waals surface area contributed by atoms with Gasteiger partial charge in [0.1, 0.15) is 0 Å². The molecule has 0 fully saturated rings. The molecule has 0 bridgehead atoms. The summed E-state index contributed by atoms with van der Waals surface area (Å²) in [6.07, 6.45) is 6.08. The van der Waals surface area contributed by atoms with Crippen LogP contribution in [-0.4, -0.2) is 0 Å². The number of allylic oxidation sites excluding steroid dienone is 3. The van der Waals surface area contributed by atoms with Crippen LogP contribution in [0.1, 0.15) is 33.1 Å². The van der Waals surface area contributed by atoms with Gasteiger partial charge in [-0.3, -0.25) is 0 Å². The van der Waals surface area contributed by atoms with E-state index in [0.717, 1.165) is 0 Å². The zero-order valence-electron chi connectivity index (χ0n) is 7.39. The highest BCUT2D eigenvalue weighted by Crippen LogP contribution is 2.42. The maximum absolute atomic E-state index is 4.05. The molecule has 1 rings (SSSR count). The molecule has 11 heavy (non-hydrogen) atoms. The Labute approximate surface area is 73.8 Å². The smallest absolute Gasteiger partial charge is 0.00837 e. The van der Waals surface area contributed by atoms with Crippen LogP contribution < -0.4 is 0 Å². The van der Waals surface area contributed by atoms with Crippen molar-refractivity contribution >= 4 is 11.8 Å². The summed E-state index contributed by atoms with van der Waals surface area (Å²) in [6, 6.07) is 0. The second-order valence-electron chi connectivity index (χ2n) is 2.97. The normalized spacial score (nSPS) is 24.0. The Kier molecular flexibility index (Phi) is 3.25. The Bertz CT molecular complexity index is 179. The van der Waals surface area contributed by atoms with E-state index in [2.05, 4.69) is 26.5 Å². The molecule has 0 aromatic carbocycles. The van der Waals surface area contributed by atoms with Gasteiger partial charge in [0.05, 0.1) is 0 Å². The van der Waals surface area contributed by atoms with Gasteiger partial charge in [-0.15, -0.1) is 0 Å². The minimum absolute atomic E-state index is 0.654. The molecule has 1 atom stereocenters. The summed E-state index contributed by atoms with van der Waals surface area (Å²) in [5.74, 6) is 0.654. The maximum Gasteiger partial charge on any atom is 0.00837 e. The van der Waals surface area contributed by atoms with E-state index in [1.165, 1.54) is 29.1 Å². The molecule has 1 heterocycles. The lowest BCUT2D eigenvalue weighted by Gasteiger charge is -2.02. The van der Waals surface area contributed by atoms with Crippen molar-refractivity contribution in [3.05, 3.63) is 22.5 Å². The summed E-state index contributed by atoms with van der Waals surface area (Å²) in [5, 5.41) is 0. The first-order valence-electron chi connectivity index (χ1n) is 4.35. The molecule has 62 valence electrons. The highest BCUT2D eigenvalue weighted by molar-refractivity contribution is 8.07. The molecule has 1 unspecified atom stereocenters. The third-order valence-corrected chi connectivity index (χ3v) is 3.17. The Morgan fingerprint density at radius 1 is 1.55 bits per heavy atom. The summed E-state index contributed by atoms with van der Waals surface area (Å²) in [7, 11) is 0. The van der Waals surface area contributed by atoms with Gasteiger partial charge in [0.2, 0.25) is 0 Å². The fourth-order valence-electron chi connectivity index (χ4n) is 1.32. The number of thioether (sulfide) groups is 1. The number of hydrogen-bond donors (Lipinski definition) is 0. The highest BCUT2D eigenvalue weighted by Gasteiger charge is 2.17. The predicted octanol–water partition coefficient (Wildman–Crippen LogP) is 3.96. The second-order valence-corrected chi connectivity index (χ2v) is 4.22. The molecule has 0 nitrogen and oxygen atoms in total. The molecular formula is C10H16S. The van der Waals surface area contributed by atoms with Crippen LogP contribution in [0.5, 0.6) is 0 Å². The molecule has 0 N–H and O–H groups in total. The Morgan fingerprint density at radius 2 is 2.27 bits per heavy atom. The van der Waals surface area contributed by atoms with Gasteiger partial charge in [-0.1, -0.05) is 44.7 Å². The largest absolute Gasteiger partial charge is 0.0993 e. The van der Waals surface area contributed by atoms with Crippen LogP contribution in [0.15, 0.2) is 22.5 Å². The lowest BCUT2D eigenvalue weighted by Crippen LogP contribution is -1.87. The average molecular weight is 168 g/mol. The van der Waals surface area contributed by atoms with E-state index in [1.807, 2.05) is 11.8 Å². The Hall–Kier alpha value is -0.170. The monoisotopic (exact) mass is 168 g/mol. The van der Waals surface area contributed by atoms with E-state index in [4.69, 9.17) is 0 Å². The third-order valence-electron chi connectivity index (χ3n) is 2.00. The van der Waals surface area contributed by atoms with Crippen LogP contribution in [0, 0.1) is 5.92 Å². The number of rotatable bonds is 3. The van der Waals surface area contributed by atoms with E-state index in [-0.39, 0.29) is 0 Å². The quantitative estimate of drug-likeness (QED) is 0.614. The van der Waals surface area contributed by atoms with Crippen LogP contribution >= 0.6 is 11.8 Å². The molecule has 0 radical (unpaired) electrons. The summed E-state index contributed by atoms with van der Waals surface area (Å²) in [4.78, 5) is 2.88. The van der Waals surface area contributed by atoms with Crippen molar-refractivity contribution in [3.8, 4) is 0 Å². The van der Waals surface area contributed by atoms with Crippen molar-refractivity contribution in [2.24, 2.45) is 5.92 Å². The van der Waals surface area contributed by atoms with Gasteiger partial charge in [-0.05, 0) is 22.7 Å². The topological polar surface area (TPSA) is 0 Å². The molecule has 0 saturated heterocycles. The number of hydrogen-bond acceptors (Lipinski definition) is 1. The van der Waals surface area contributed by atoms with Crippen molar-refractivity contribution in [2.45, 2.75) is 33.1 Å². The van der Waals surface area contributed by atoms with E-state index >= 15 is 0 Å². The van der Waals surface area contributed by atoms with Gasteiger partial charge >= 0.3 is 0 Å². The van der Waals surface area contributed by atoms with E-state index in [1.54, 1.807) is 0 Å². The molecule has 1 aliphatic rings.